The predicted molar refractivity (Wildman–Crippen MR) is 74.1 cm³/mol. The van der Waals surface area contributed by atoms with Crippen molar-refractivity contribution in [2.24, 2.45) is 0 Å². The van der Waals surface area contributed by atoms with E-state index in [2.05, 4.69) is 4.85 Å². The summed E-state index contributed by atoms with van der Waals surface area (Å²) in [5.41, 5.74) is 1.25. The molecule has 0 saturated heterocycles. The zero-order valence-electron chi connectivity index (χ0n) is 12.1. The number of nitro groups is 1. The maximum atomic E-state index is 10.8. The van der Waals surface area contributed by atoms with E-state index in [1.165, 1.54) is 12.1 Å². The molecule has 0 radical (unpaired) electrons. The fourth-order valence-corrected chi connectivity index (χ4v) is 2.30. The van der Waals surface area contributed by atoms with Crippen molar-refractivity contribution < 1.29 is 14.7 Å². The summed E-state index contributed by atoms with van der Waals surface area (Å²) < 4.78 is 0. The lowest BCUT2D eigenvalue weighted by atomic mass is 9.86. The maximum Gasteiger partial charge on any atom is 0.281 e. The third kappa shape index (κ3) is 3.32. The number of rotatable bonds is 6. The van der Waals surface area contributed by atoms with E-state index in [0.29, 0.717) is 17.7 Å². The van der Waals surface area contributed by atoms with Crippen LogP contribution in [-0.2, 0) is 15.3 Å². The first-order valence-corrected chi connectivity index (χ1v) is 6.25. The van der Waals surface area contributed by atoms with Gasteiger partial charge in [0.25, 0.3) is 11.2 Å². The first-order valence-electron chi connectivity index (χ1n) is 6.25. The molecule has 1 aromatic rings. The molecular weight excluding hydrogens is 260 g/mol. The van der Waals surface area contributed by atoms with Crippen molar-refractivity contribution in [1.29, 1.82) is 0 Å². The van der Waals surface area contributed by atoms with Gasteiger partial charge in [0.1, 0.15) is 0 Å². The molecular formula is C14H18N2O4. The number of aryl methyl sites for hydroxylation is 2. The quantitative estimate of drug-likeness (QED) is 0.263. The molecule has 0 N–H and O–H groups in total. The van der Waals surface area contributed by atoms with E-state index in [1.807, 2.05) is 0 Å². The van der Waals surface area contributed by atoms with Crippen LogP contribution in [-0.4, -0.2) is 18.1 Å². The van der Waals surface area contributed by atoms with Gasteiger partial charge in [0.05, 0.1) is 11.5 Å². The standard InChI is InChI=1S/C14H18N2O4/c1-6-19-20-9-14(4,15-5)13-10(2)7-12(16(17)18)8-11(13)3/h7-8H,6,9H2,1-4H3. The number of hydrogen-bond acceptors (Lipinski definition) is 4. The zero-order chi connectivity index (χ0) is 15.3. The van der Waals surface area contributed by atoms with Gasteiger partial charge in [-0.3, -0.25) is 10.1 Å². The topological polar surface area (TPSA) is 66.0 Å². The molecule has 1 atom stereocenters. The smallest absolute Gasteiger partial charge is 0.281 e. The number of hydrogen-bond donors (Lipinski definition) is 0. The summed E-state index contributed by atoms with van der Waals surface area (Å²) in [5, 5.41) is 10.8. The highest BCUT2D eigenvalue weighted by molar-refractivity contribution is 5.49. The summed E-state index contributed by atoms with van der Waals surface area (Å²) in [4.78, 5) is 23.9. The minimum atomic E-state index is -0.932. The summed E-state index contributed by atoms with van der Waals surface area (Å²) in [7, 11) is 0. The van der Waals surface area contributed by atoms with E-state index in [1.54, 1.807) is 27.7 Å². The van der Waals surface area contributed by atoms with E-state index in [0.717, 1.165) is 5.56 Å². The van der Waals surface area contributed by atoms with Crippen LogP contribution in [0, 0.1) is 30.5 Å². The molecule has 0 saturated carbocycles. The number of non-ortho nitro benzene ring substituents is 1. The maximum absolute atomic E-state index is 10.8. The fourth-order valence-electron chi connectivity index (χ4n) is 2.30. The lowest BCUT2D eigenvalue weighted by Gasteiger charge is -2.21. The summed E-state index contributed by atoms with van der Waals surface area (Å²) in [6.07, 6.45) is 0. The molecule has 0 aromatic heterocycles. The molecule has 1 rings (SSSR count). The highest BCUT2D eigenvalue weighted by atomic mass is 17.2. The van der Waals surface area contributed by atoms with Gasteiger partial charge in [-0.2, -0.15) is 0 Å². The minimum absolute atomic E-state index is 0.0295. The van der Waals surface area contributed by atoms with Crippen LogP contribution in [0.15, 0.2) is 12.1 Å². The average Bonchev–Trinajstić information content (AvgIpc) is 2.38. The Kier molecular flexibility index (Phi) is 5.19. The van der Waals surface area contributed by atoms with E-state index < -0.39 is 10.5 Å². The third-order valence-electron chi connectivity index (χ3n) is 3.05. The van der Waals surface area contributed by atoms with Crippen LogP contribution in [0.4, 0.5) is 5.69 Å². The predicted octanol–water partition coefficient (Wildman–Crippen LogP) is 3.31. The Morgan fingerprint density at radius 1 is 1.35 bits per heavy atom. The van der Waals surface area contributed by atoms with Crippen LogP contribution in [0.5, 0.6) is 0 Å². The molecule has 6 heteroatoms. The SMILES string of the molecule is [C-]#[N+]C(C)(COOCC)c1c(C)cc([N+](=O)[O-])cc1C. The normalized spacial score (nSPS) is 13.6. The second kappa shape index (κ2) is 6.46. The molecule has 1 unspecified atom stereocenters. The van der Waals surface area contributed by atoms with Gasteiger partial charge in [-0.25, -0.2) is 16.3 Å². The monoisotopic (exact) mass is 278 g/mol. The first kappa shape index (κ1) is 16.1. The van der Waals surface area contributed by atoms with E-state index in [9.17, 15) is 10.1 Å². The van der Waals surface area contributed by atoms with Crippen molar-refractivity contribution >= 4 is 5.69 Å². The molecule has 0 bridgehead atoms. The number of nitrogens with zero attached hydrogens (tertiary/aromatic N) is 2. The largest absolute Gasteiger partial charge is 0.303 e. The van der Waals surface area contributed by atoms with Crippen LogP contribution in [0.3, 0.4) is 0 Å². The second-order valence-electron chi connectivity index (χ2n) is 4.77. The van der Waals surface area contributed by atoms with Gasteiger partial charge >= 0.3 is 0 Å². The molecule has 0 amide bonds. The second-order valence-corrected chi connectivity index (χ2v) is 4.77. The number of nitro benzene ring substituents is 1. The summed E-state index contributed by atoms with van der Waals surface area (Å²) in [5.74, 6) is 0. The van der Waals surface area contributed by atoms with Gasteiger partial charge in [-0.05, 0) is 31.9 Å². The van der Waals surface area contributed by atoms with Crippen molar-refractivity contribution in [2.75, 3.05) is 13.2 Å². The molecule has 6 nitrogen and oxygen atoms in total. The lowest BCUT2D eigenvalue weighted by molar-refractivity contribution is -0.385. The van der Waals surface area contributed by atoms with E-state index in [-0.39, 0.29) is 12.3 Å². The van der Waals surface area contributed by atoms with E-state index >= 15 is 0 Å². The number of benzene rings is 1. The Morgan fingerprint density at radius 2 is 1.90 bits per heavy atom. The Hall–Kier alpha value is -1.97. The Balaban J connectivity index is 3.23. The van der Waals surface area contributed by atoms with Crippen molar-refractivity contribution in [1.82, 2.24) is 0 Å². The Bertz CT molecular complexity index is 528. The Labute approximate surface area is 118 Å². The van der Waals surface area contributed by atoms with Gasteiger partial charge in [-0.1, -0.05) is 0 Å². The van der Waals surface area contributed by atoms with Crippen LogP contribution >= 0.6 is 0 Å². The highest BCUT2D eigenvalue weighted by Crippen LogP contribution is 2.34. The van der Waals surface area contributed by atoms with Crippen LogP contribution in [0.2, 0.25) is 0 Å². The van der Waals surface area contributed by atoms with Crippen LogP contribution < -0.4 is 0 Å². The molecule has 0 heterocycles. The van der Waals surface area contributed by atoms with Crippen molar-refractivity contribution in [3.8, 4) is 0 Å². The summed E-state index contributed by atoms with van der Waals surface area (Å²) in [6, 6.07) is 2.96. The van der Waals surface area contributed by atoms with Crippen LogP contribution in [0.1, 0.15) is 30.5 Å². The highest BCUT2D eigenvalue weighted by Gasteiger charge is 2.38. The summed E-state index contributed by atoms with van der Waals surface area (Å²) >= 11 is 0. The van der Waals surface area contributed by atoms with Gasteiger partial charge in [-0.15, -0.1) is 0 Å². The molecule has 1 aromatic carbocycles. The molecule has 0 aliphatic rings. The van der Waals surface area contributed by atoms with Gasteiger partial charge in [0.2, 0.25) is 0 Å². The van der Waals surface area contributed by atoms with Gasteiger partial charge in [0, 0.05) is 24.6 Å². The van der Waals surface area contributed by atoms with Gasteiger partial charge in [0.15, 0.2) is 6.61 Å². The lowest BCUT2D eigenvalue weighted by Crippen LogP contribution is -2.26. The first-order chi connectivity index (χ1) is 9.35. The molecule has 0 spiro atoms. The molecule has 0 fully saturated rings. The van der Waals surface area contributed by atoms with Crippen LogP contribution in [0.25, 0.3) is 4.85 Å². The molecule has 108 valence electrons. The van der Waals surface area contributed by atoms with E-state index in [4.69, 9.17) is 16.3 Å². The Morgan fingerprint density at radius 3 is 2.30 bits per heavy atom. The van der Waals surface area contributed by atoms with Crippen molar-refractivity contribution in [2.45, 2.75) is 33.2 Å². The minimum Gasteiger partial charge on any atom is -0.303 e. The average molecular weight is 278 g/mol. The van der Waals surface area contributed by atoms with Crippen molar-refractivity contribution in [3.63, 3.8) is 0 Å². The third-order valence-corrected chi connectivity index (χ3v) is 3.05. The molecule has 20 heavy (non-hydrogen) atoms. The zero-order valence-corrected chi connectivity index (χ0v) is 12.1. The van der Waals surface area contributed by atoms with Gasteiger partial charge < -0.3 is 4.85 Å². The summed E-state index contributed by atoms with van der Waals surface area (Å²) in [6.45, 7) is 14.9. The van der Waals surface area contributed by atoms with Crippen molar-refractivity contribution in [3.05, 3.63) is 50.4 Å². The fraction of sp³-hybridized carbons (Fsp3) is 0.500. The molecule has 0 aliphatic heterocycles. The molecule has 0 aliphatic carbocycles.